The first-order chi connectivity index (χ1) is 11.8. The summed E-state index contributed by atoms with van der Waals surface area (Å²) in [6, 6.07) is 5.07. The summed E-state index contributed by atoms with van der Waals surface area (Å²) >= 11 is 5.71. The molecule has 1 saturated carbocycles. The fourth-order valence-corrected chi connectivity index (χ4v) is 2.59. The van der Waals surface area contributed by atoms with Crippen molar-refractivity contribution in [2.75, 3.05) is 5.32 Å². The number of nitro benzene ring substituents is 1. The van der Waals surface area contributed by atoms with E-state index in [1.165, 1.54) is 18.2 Å². The predicted octanol–water partition coefficient (Wildman–Crippen LogP) is 3.90. The highest BCUT2D eigenvalue weighted by Crippen LogP contribution is 2.40. The van der Waals surface area contributed by atoms with Crippen LogP contribution in [0.15, 0.2) is 24.3 Å². The minimum Gasteiger partial charge on any atom is -0.319 e. The third kappa shape index (κ3) is 3.93. The molecule has 3 rings (SSSR count). The molecule has 2 aromatic rings. The fourth-order valence-electron chi connectivity index (χ4n) is 2.42. The van der Waals surface area contributed by atoms with Crippen LogP contribution < -0.4 is 5.32 Å². The third-order valence-electron chi connectivity index (χ3n) is 3.77. The van der Waals surface area contributed by atoms with E-state index in [1.54, 1.807) is 0 Å². The van der Waals surface area contributed by atoms with E-state index in [0.717, 1.165) is 23.6 Å². The lowest BCUT2D eigenvalue weighted by molar-refractivity contribution is -0.383. The van der Waals surface area contributed by atoms with Crippen LogP contribution in [0.2, 0.25) is 5.02 Å². The maximum Gasteiger partial charge on any atom is 0.294 e. The van der Waals surface area contributed by atoms with Crippen LogP contribution in [0.1, 0.15) is 36.6 Å². The summed E-state index contributed by atoms with van der Waals surface area (Å²) in [5.74, 6) is -0.531. The van der Waals surface area contributed by atoms with Gasteiger partial charge in [0, 0.05) is 17.0 Å². The van der Waals surface area contributed by atoms with Crippen LogP contribution in [-0.4, -0.2) is 20.6 Å². The summed E-state index contributed by atoms with van der Waals surface area (Å²) in [6.07, 6.45) is -0.983. The molecule has 1 aromatic heterocycles. The number of alkyl halides is 2. The van der Waals surface area contributed by atoms with Gasteiger partial charge in [-0.3, -0.25) is 19.6 Å². The highest BCUT2D eigenvalue weighted by molar-refractivity contribution is 6.31. The molecule has 0 saturated heterocycles. The lowest BCUT2D eigenvalue weighted by Gasteiger charge is -2.08. The Bertz CT molecular complexity index is 836. The molecule has 0 radical (unpaired) electrons. The smallest absolute Gasteiger partial charge is 0.294 e. The van der Waals surface area contributed by atoms with Crippen LogP contribution in [0.25, 0.3) is 0 Å². The first-order valence-electron chi connectivity index (χ1n) is 7.44. The van der Waals surface area contributed by atoms with Crippen molar-refractivity contribution in [2.45, 2.75) is 31.7 Å². The number of anilines is 1. The number of hydrogen-bond donors (Lipinski definition) is 1. The molecule has 1 aliphatic rings. The average Bonchev–Trinajstić information content (AvgIpc) is 3.30. The number of nitrogens with one attached hydrogen (secondary N) is 1. The van der Waals surface area contributed by atoms with Crippen LogP contribution >= 0.6 is 11.6 Å². The van der Waals surface area contributed by atoms with Crippen molar-refractivity contribution < 1.29 is 18.5 Å². The monoisotopic (exact) mass is 370 g/mol. The van der Waals surface area contributed by atoms with Gasteiger partial charge in [0.25, 0.3) is 12.1 Å². The zero-order chi connectivity index (χ0) is 18.1. The summed E-state index contributed by atoms with van der Waals surface area (Å²) < 4.78 is 27.2. The number of halogens is 3. The number of hydrogen-bond acceptors (Lipinski definition) is 4. The molecular weight excluding hydrogens is 358 g/mol. The van der Waals surface area contributed by atoms with Crippen molar-refractivity contribution in [1.82, 2.24) is 9.78 Å². The summed E-state index contributed by atoms with van der Waals surface area (Å²) in [5.41, 5.74) is -0.245. The largest absolute Gasteiger partial charge is 0.319 e. The van der Waals surface area contributed by atoms with Crippen molar-refractivity contribution in [1.29, 1.82) is 0 Å². The molecule has 1 N–H and O–H groups in total. The Kier molecular flexibility index (Phi) is 4.67. The molecule has 0 spiro atoms. The van der Waals surface area contributed by atoms with Gasteiger partial charge in [-0.15, -0.1) is 0 Å². The minimum absolute atomic E-state index is 0.0624. The first kappa shape index (κ1) is 17.3. The van der Waals surface area contributed by atoms with E-state index in [9.17, 15) is 23.7 Å². The summed E-state index contributed by atoms with van der Waals surface area (Å²) in [6.45, 7) is -0.466. The van der Waals surface area contributed by atoms with Crippen molar-refractivity contribution in [3.8, 4) is 0 Å². The molecule has 7 nitrogen and oxygen atoms in total. The number of carbonyl (C=O) groups is 1. The molecule has 0 bridgehead atoms. The van der Waals surface area contributed by atoms with E-state index in [1.807, 2.05) is 0 Å². The lowest BCUT2D eigenvalue weighted by Crippen LogP contribution is -2.21. The normalized spacial score (nSPS) is 13.9. The van der Waals surface area contributed by atoms with Crippen molar-refractivity contribution in [3.05, 3.63) is 50.8 Å². The maximum atomic E-state index is 13.1. The lowest BCUT2D eigenvalue weighted by atomic mass is 10.2. The Hall–Kier alpha value is -2.55. The Labute approximate surface area is 145 Å². The number of benzene rings is 1. The van der Waals surface area contributed by atoms with Gasteiger partial charge in [-0.05, 0) is 31.0 Å². The van der Waals surface area contributed by atoms with E-state index < -0.39 is 23.8 Å². The van der Waals surface area contributed by atoms with Crippen molar-refractivity contribution >= 4 is 28.9 Å². The van der Waals surface area contributed by atoms with E-state index in [2.05, 4.69) is 10.4 Å². The Morgan fingerprint density at radius 1 is 1.44 bits per heavy atom. The van der Waals surface area contributed by atoms with Gasteiger partial charge >= 0.3 is 0 Å². The number of carbonyl (C=O) groups excluding carboxylic acids is 1. The molecule has 1 aromatic carbocycles. The predicted molar refractivity (Wildman–Crippen MR) is 85.9 cm³/mol. The van der Waals surface area contributed by atoms with Gasteiger partial charge in [-0.25, -0.2) is 8.78 Å². The Balaban J connectivity index is 1.78. The number of nitrogens with zero attached hydrogens (tertiary/aromatic N) is 3. The molecular formula is C15H13ClF2N4O3. The van der Waals surface area contributed by atoms with Crippen LogP contribution in [0, 0.1) is 10.1 Å². The molecule has 1 fully saturated rings. The number of aromatic nitrogens is 2. The summed E-state index contributed by atoms with van der Waals surface area (Å²) in [7, 11) is 0. The highest BCUT2D eigenvalue weighted by Gasteiger charge is 2.29. The molecule has 1 amide bonds. The van der Waals surface area contributed by atoms with E-state index in [4.69, 9.17) is 11.6 Å². The quantitative estimate of drug-likeness (QED) is 0.616. The van der Waals surface area contributed by atoms with Crippen molar-refractivity contribution in [3.63, 3.8) is 0 Å². The highest BCUT2D eigenvalue weighted by atomic mass is 35.5. The first-order valence-corrected chi connectivity index (χ1v) is 7.82. The molecule has 0 unspecified atom stereocenters. The molecule has 0 atom stereocenters. The molecule has 1 heterocycles. The summed E-state index contributed by atoms with van der Waals surface area (Å²) in [5, 5.41) is 17.6. The molecule has 1 aliphatic carbocycles. The van der Waals surface area contributed by atoms with E-state index in [0.29, 0.717) is 5.69 Å². The number of nitro groups is 1. The van der Waals surface area contributed by atoms with Crippen LogP contribution in [0.3, 0.4) is 0 Å². The van der Waals surface area contributed by atoms with Gasteiger partial charge in [-0.2, -0.15) is 5.10 Å². The fraction of sp³-hybridized carbons (Fsp3) is 0.333. The van der Waals surface area contributed by atoms with Gasteiger partial charge in [0.15, 0.2) is 0 Å². The topological polar surface area (TPSA) is 90.1 Å². The second-order valence-electron chi connectivity index (χ2n) is 5.69. The van der Waals surface area contributed by atoms with Gasteiger partial charge < -0.3 is 5.32 Å². The standard InChI is InChI=1S/C15H13ClF2N4O3/c16-9-3-4-10(12(5-9)22(24)25)19-14(23)7-21-13(15(17)18)6-11(20-21)8-1-2-8/h3-6,8,15H,1-2,7H2,(H,19,23). The molecule has 132 valence electrons. The zero-order valence-corrected chi connectivity index (χ0v) is 13.5. The Morgan fingerprint density at radius 2 is 2.16 bits per heavy atom. The maximum absolute atomic E-state index is 13.1. The Morgan fingerprint density at radius 3 is 2.76 bits per heavy atom. The number of rotatable bonds is 6. The SMILES string of the molecule is O=C(Cn1nc(C2CC2)cc1C(F)F)Nc1ccc(Cl)cc1[N+](=O)[O-]. The van der Waals surface area contributed by atoms with Crippen molar-refractivity contribution in [2.24, 2.45) is 0 Å². The average molecular weight is 371 g/mol. The van der Waals surface area contributed by atoms with Gasteiger partial charge in [0.1, 0.15) is 17.9 Å². The van der Waals surface area contributed by atoms with Gasteiger partial charge in [0.2, 0.25) is 5.91 Å². The van der Waals surface area contributed by atoms with Gasteiger partial charge in [0.05, 0.1) is 10.6 Å². The molecule has 0 aliphatic heterocycles. The molecule has 25 heavy (non-hydrogen) atoms. The van der Waals surface area contributed by atoms with Crippen LogP contribution in [0.5, 0.6) is 0 Å². The zero-order valence-electron chi connectivity index (χ0n) is 12.8. The minimum atomic E-state index is -2.77. The summed E-state index contributed by atoms with van der Waals surface area (Å²) in [4.78, 5) is 22.5. The van der Waals surface area contributed by atoms with E-state index >= 15 is 0 Å². The van der Waals surface area contributed by atoms with Gasteiger partial charge in [-0.1, -0.05) is 11.6 Å². The third-order valence-corrected chi connectivity index (χ3v) is 4.01. The second-order valence-corrected chi connectivity index (χ2v) is 6.13. The second kappa shape index (κ2) is 6.75. The molecule has 10 heteroatoms. The van der Waals surface area contributed by atoms with Crippen LogP contribution in [0.4, 0.5) is 20.2 Å². The number of amides is 1. The van der Waals surface area contributed by atoms with Crippen LogP contribution in [-0.2, 0) is 11.3 Å². The van der Waals surface area contributed by atoms with E-state index in [-0.39, 0.29) is 28.0 Å².